The topological polar surface area (TPSA) is 79.7 Å². The van der Waals surface area contributed by atoms with Gasteiger partial charge >= 0.3 is 0 Å². The van der Waals surface area contributed by atoms with Gasteiger partial charge in [0, 0.05) is 40.2 Å². The second-order valence-corrected chi connectivity index (χ2v) is 4.40. The van der Waals surface area contributed by atoms with Crippen LogP contribution in [0.5, 0.6) is 5.88 Å². The number of anilines is 1. The van der Waals surface area contributed by atoms with Crippen molar-refractivity contribution in [2.75, 3.05) is 44.2 Å². The maximum Gasteiger partial charge on any atom is 0.270 e. The number of morpholine rings is 1. The Morgan fingerprint density at radius 2 is 2.38 bits per heavy atom. The summed E-state index contributed by atoms with van der Waals surface area (Å²) in [5.74, 6) is -0.735. The zero-order valence-electron chi connectivity index (χ0n) is 26.6. The summed E-state index contributed by atoms with van der Waals surface area (Å²) in [4.78, 5) is 1.06. The van der Waals surface area contributed by atoms with Crippen LogP contribution in [-0.2, 0) is 4.74 Å². The summed E-state index contributed by atoms with van der Waals surface area (Å²) in [5.41, 5.74) is -3.90. The predicted molar refractivity (Wildman–Crippen MR) is 82.2 cm³/mol. The molecule has 1 atom stereocenters. The number of hydrogen-bond donors (Lipinski definition) is 2. The van der Waals surface area contributed by atoms with Crippen LogP contribution in [0.15, 0.2) is 0 Å². The van der Waals surface area contributed by atoms with Crippen molar-refractivity contribution in [1.29, 1.82) is 0 Å². The number of aromatic nitrogens is 2. The minimum absolute atomic E-state index is 0.243. The Morgan fingerprint density at radius 3 is 3.10 bits per heavy atom. The first-order chi connectivity index (χ1) is 16.2. The number of nitrogens with one attached hydrogen (secondary N) is 1. The van der Waals surface area contributed by atoms with Gasteiger partial charge in [-0.3, -0.25) is 0 Å². The van der Waals surface area contributed by atoms with E-state index in [1.165, 1.54) is 5.32 Å². The molecule has 1 fully saturated rings. The van der Waals surface area contributed by atoms with Gasteiger partial charge in [0.15, 0.2) is 0 Å². The van der Waals surface area contributed by atoms with Gasteiger partial charge < -0.3 is 24.8 Å². The molecule has 0 unspecified atom stereocenters. The molecule has 0 amide bonds. The van der Waals surface area contributed by atoms with Crippen LogP contribution >= 0.6 is 11.7 Å². The van der Waals surface area contributed by atoms with Crippen LogP contribution in [0.25, 0.3) is 0 Å². The van der Waals surface area contributed by atoms with E-state index < -0.39 is 77.4 Å². The fraction of sp³-hybridized carbons (Fsp3) is 0.846. The van der Waals surface area contributed by atoms with E-state index in [0.717, 1.165) is 4.90 Å². The summed E-state index contributed by atoms with van der Waals surface area (Å²) >= 11 is 0.511. The number of β-amino-alcohol motifs (C(OH)–C–C–N with tert-alkyl or cyclic N) is 1. The van der Waals surface area contributed by atoms with Crippen molar-refractivity contribution in [3.8, 4) is 5.88 Å². The van der Waals surface area contributed by atoms with Crippen molar-refractivity contribution in [3.05, 3.63) is 0 Å². The van der Waals surface area contributed by atoms with Crippen LogP contribution in [0, 0.1) is 0 Å². The molecule has 0 saturated carbocycles. The van der Waals surface area contributed by atoms with Crippen molar-refractivity contribution in [2.24, 2.45) is 0 Å². The summed E-state index contributed by atoms with van der Waals surface area (Å²) in [5, 5.41) is 11.9. The highest BCUT2D eigenvalue weighted by molar-refractivity contribution is 6.99. The molecule has 1 aliphatic rings. The molecule has 0 aliphatic carbocycles. The quantitative estimate of drug-likeness (QED) is 0.785. The molecule has 1 aromatic rings. The van der Waals surface area contributed by atoms with Crippen LogP contribution in [0.1, 0.15) is 42.5 Å². The Kier molecular flexibility index (Phi) is 1.85. The first-order valence-electron chi connectivity index (χ1n) is 13.6. The molecule has 0 spiro atoms. The van der Waals surface area contributed by atoms with Gasteiger partial charge in [-0.1, -0.05) is 0 Å². The molecule has 120 valence electrons. The minimum atomic E-state index is -3.90. The van der Waals surface area contributed by atoms with E-state index in [9.17, 15) is 5.11 Å². The molecular weight excluding hydrogens is 292 g/mol. The Bertz CT molecular complexity index is 907. The molecule has 1 saturated heterocycles. The van der Waals surface area contributed by atoms with Gasteiger partial charge in [0.2, 0.25) is 5.82 Å². The Morgan fingerprint density at radius 1 is 1.62 bits per heavy atom. The van der Waals surface area contributed by atoms with Crippen molar-refractivity contribution in [2.45, 2.75) is 32.2 Å². The molecule has 0 aromatic carbocycles. The fourth-order valence-corrected chi connectivity index (χ4v) is 1.80. The standard InChI is InChI=1S/C13H24N4O3S/c1-13(2,3)14-8-10(18)9-20-12-11(15-21-16-12)17-4-6-19-7-5-17/h10,14,18H,4-9H2,1-3H3/t10-/m1/s1/i1D3,2D3,3D3,6D2,7D2,8D2,10D. The van der Waals surface area contributed by atoms with Gasteiger partial charge in [0.1, 0.15) is 12.7 Å². The molecule has 2 rings (SSSR count). The maximum absolute atomic E-state index is 10.5. The summed E-state index contributed by atoms with van der Waals surface area (Å²) in [6, 6.07) is 0. The van der Waals surface area contributed by atoms with Crippen LogP contribution in [-0.4, -0.2) is 64.8 Å². The number of ether oxygens (including phenoxy) is 2. The van der Waals surface area contributed by atoms with Crippen LogP contribution in [0.2, 0.25) is 0 Å². The second-order valence-electron chi connectivity index (χ2n) is 3.88. The van der Waals surface area contributed by atoms with E-state index in [2.05, 4.69) is 8.75 Å². The lowest BCUT2D eigenvalue weighted by molar-refractivity contribution is 0.0975. The molecule has 2 N–H and O–H groups in total. The highest BCUT2D eigenvalue weighted by Gasteiger charge is 2.21. The van der Waals surface area contributed by atoms with E-state index in [1.807, 2.05) is 0 Å². The third-order valence-electron chi connectivity index (χ3n) is 2.14. The number of nitrogens with zero attached hydrogens (tertiary/aromatic N) is 3. The van der Waals surface area contributed by atoms with E-state index in [-0.39, 0.29) is 5.82 Å². The average molecular weight is 333 g/mol. The van der Waals surface area contributed by atoms with Gasteiger partial charge in [-0.15, -0.1) is 4.37 Å². The van der Waals surface area contributed by atoms with Crippen molar-refractivity contribution in [3.63, 3.8) is 0 Å². The van der Waals surface area contributed by atoms with E-state index in [4.69, 9.17) is 31.4 Å². The summed E-state index contributed by atoms with van der Waals surface area (Å²) in [6.07, 6.45) is -3.52. The first kappa shape index (κ1) is 5.30. The van der Waals surface area contributed by atoms with Gasteiger partial charge in [-0.25, -0.2) is 0 Å². The van der Waals surface area contributed by atoms with Crippen LogP contribution in [0.4, 0.5) is 5.82 Å². The average Bonchev–Trinajstić information content (AvgIpc) is 3.07. The number of hydrogen-bond acceptors (Lipinski definition) is 8. The van der Waals surface area contributed by atoms with E-state index in [1.54, 1.807) is 0 Å². The van der Waals surface area contributed by atoms with Crippen molar-refractivity contribution in [1.82, 2.24) is 14.1 Å². The normalized spacial score (nSPS) is 37.9. The Labute approximate surface area is 152 Å². The largest absolute Gasteiger partial charge is 0.472 e. The van der Waals surface area contributed by atoms with E-state index in [0.29, 0.717) is 11.7 Å². The highest BCUT2D eigenvalue weighted by atomic mass is 32.1. The molecule has 0 bridgehead atoms. The first-order valence-corrected chi connectivity index (χ1v) is 6.33. The SMILES string of the molecule is [2H]C1([2H])CN(c2nsnc2OC[C@]([2H])(O)C([2H])([2H])NC(C([2H])([2H])[2H])(C([2H])([2H])[2H])C([2H])([2H])[2H])CC([2H])([2H])O1. The minimum Gasteiger partial charge on any atom is -0.472 e. The number of aliphatic hydroxyl groups is 1. The Hall–Kier alpha value is -0.960. The molecule has 1 aromatic heterocycles. The van der Waals surface area contributed by atoms with Gasteiger partial charge in [0.05, 0.1) is 31.7 Å². The van der Waals surface area contributed by atoms with Gasteiger partial charge in [-0.05, 0) is 20.6 Å². The summed E-state index contributed by atoms with van der Waals surface area (Å²) in [6.45, 7) is -22.7. The lowest BCUT2D eigenvalue weighted by atomic mass is 10.1. The molecule has 1 aliphatic heterocycles. The molecule has 8 heteroatoms. The zero-order valence-corrected chi connectivity index (χ0v) is 11.5. The van der Waals surface area contributed by atoms with Gasteiger partial charge in [0.25, 0.3) is 5.88 Å². The molecule has 21 heavy (non-hydrogen) atoms. The summed E-state index contributed by atoms with van der Waals surface area (Å²) < 4.78 is 141. The lowest BCUT2D eigenvalue weighted by Gasteiger charge is -2.27. The second kappa shape index (κ2) is 7.35. The van der Waals surface area contributed by atoms with Crippen LogP contribution in [0.3, 0.4) is 0 Å². The monoisotopic (exact) mass is 332 g/mol. The zero-order chi connectivity index (χ0) is 29.1. The highest BCUT2D eigenvalue weighted by Crippen LogP contribution is 2.26. The fourth-order valence-electron chi connectivity index (χ4n) is 1.28. The van der Waals surface area contributed by atoms with Gasteiger partial charge in [-0.2, -0.15) is 4.37 Å². The lowest BCUT2D eigenvalue weighted by Crippen LogP contribution is -2.42. The van der Waals surface area contributed by atoms with E-state index >= 15 is 0 Å². The maximum atomic E-state index is 10.5. The third kappa shape index (κ3) is 5.39. The summed E-state index contributed by atoms with van der Waals surface area (Å²) in [7, 11) is 0. The molecule has 2 heterocycles. The van der Waals surface area contributed by atoms with Crippen molar-refractivity contribution < 1.29 is 36.5 Å². The smallest absolute Gasteiger partial charge is 0.270 e. The number of rotatable bonds is 6. The third-order valence-corrected chi connectivity index (χ3v) is 2.64. The van der Waals surface area contributed by atoms with Crippen molar-refractivity contribution >= 4 is 17.5 Å². The molecule has 0 radical (unpaired) electrons. The predicted octanol–water partition coefficient (Wildman–Crippen LogP) is 0.503. The molecular formula is C13H24N4O3S. The Balaban J connectivity index is 2.35. The van der Waals surface area contributed by atoms with Crippen LogP contribution < -0.4 is 15.0 Å². The molecule has 7 nitrogen and oxygen atoms in total.